The van der Waals surface area contributed by atoms with Gasteiger partial charge in [-0.2, -0.15) is 0 Å². The first-order valence-corrected chi connectivity index (χ1v) is 15.9. The topological polar surface area (TPSA) is 56.4 Å². The largest absolute Gasteiger partial charge is 0.381 e. The number of carbonyl (C=O) groups excluding carboxylic acids is 1. The number of hydrogen-bond donors (Lipinski definition) is 3. The summed E-state index contributed by atoms with van der Waals surface area (Å²) in [6.07, 6.45) is 12.8. The fraction of sp³-hybridized carbons (Fsp3) is 0.618. The van der Waals surface area contributed by atoms with Crippen molar-refractivity contribution in [3.8, 4) is 0 Å². The number of hydrogen-bond acceptors (Lipinski definition) is 4. The molecule has 0 bridgehead atoms. The number of aryl methyl sites for hydroxylation is 1. The average Bonchev–Trinajstić information content (AvgIpc) is 2.93. The Labute approximate surface area is 249 Å². The Hall–Kier alpha value is -2.40. The number of nitrogens with zero attached hydrogens (tertiary/aromatic N) is 1. The summed E-state index contributed by atoms with van der Waals surface area (Å²) >= 11 is 6.35. The van der Waals surface area contributed by atoms with Crippen molar-refractivity contribution >= 4 is 23.2 Å². The lowest BCUT2D eigenvalue weighted by Crippen LogP contribution is -2.39. The maximum atomic E-state index is 13.4. The third kappa shape index (κ3) is 11.2. The number of allylic oxidation sites excluding steroid dienone is 3. The van der Waals surface area contributed by atoms with E-state index in [9.17, 15) is 4.79 Å². The molecule has 0 radical (unpaired) electrons. The van der Waals surface area contributed by atoms with Crippen LogP contribution in [0.15, 0.2) is 52.9 Å². The average molecular weight is 571 g/mol. The minimum Gasteiger partial charge on any atom is -0.381 e. The predicted molar refractivity (Wildman–Crippen MR) is 174 cm³/mol. The van der Waals surface area contributed by atoms with Crippen molar-refractivity contribution in [2.75, 3.05) is 18.0 Å². The highest BCUT2D eigenvalue weighted by Crippen LogP contribution is 2.25. The van der Waals surface area contributed by atoms with Crippen LogP contribution in [-0.2, 0) is 11.3 Å². The van der Waals surface area contributed by atoms with Crippen molar-refractivity contribution in [1.82, 2.24) is 16.0 Å². The smallest absolute Gasteiger partial charge is 0.269 e. The number of halogens is 1. The van der Waals surface area contributed by atoms with Crippen molar-refractivity contribution in [3.05, 3.63) is 64.0 Å². The number of unbranched alkanes of at least 4 members (excludes halogenated alkanes) is 1. The van der Waals surface area contributed by atoms with E-state index in [-0.39, 0.29) is 18.0 Å². The molecule has 0 aliphatic carbocycles. The molecule has 0 aromatic heterocycles. The van der Waals surface area contributed by atoms with Gasteiger partial charge in [-0.15, -0.1) is 0 Å². The van der Waals surface area contributed by atoms with Gasteiger partial charge < -0.3 is 20.9 Å². The van der Waals surface area contributed by atoms with E-state index >= 15 is 0 Å². The molecule has 1 heterocycles. The number of amides is 1. The molecule has 6 heteroatoms. The Bertz CT molecular complexity index is 1030. The number of nitrogens with one attached hydrogen (secondary N) is 3. The molecule has 4 atom stereocenters. The summed E-state index contributed by atoms with van der Waals surface area (Å²) in [5.41, 5.74) is 5.15. The van der Waals surface area contributed by atoms with Crippen LogP contribution in [0, 0.1) is 18.8 Å². The van der Waals surface area contributed by atoms with Gasteiger partial charge in [-0.25, -0.2) is 0 Å². The molecule has 40 heavy (non-hydrogen) atoms. The summed E-state index contributed by atoms with van der Waals surface area (Å²) in [5, 5.41) is 10.7. The van der Waals surface area contributed by atoms with Crippen LogP contribution in [0.5, 0.6) is 0 Å². The van der Waals surface area contributed by atoms with Crippen molar-refractivity contribution in [2.45, 2.75) is 113 Å². The van der Waals surface area contributed by atoms with Crippen LogP contribution >= 0.6 is 11.6 Å². The van der Waals surface area contributed by atoms with Crippen molar-refractivity contribution in [1.29, 1.82) is 0 Å². The van der Waals surface area contributed by atoms with E-state index in [2.05, 4.69) is 87.5 Å². The van der Waals surface area contributed by atoms with Crippen LogP contribution in [0.4, 0.5) is 5.69 Å². The quantitative estimate of drug-likeness (QED) is 0.212. The predicted octanol–water partition coefficient (Wildman–Crippen LogP) is 7.95. The van der Waals surface area contributed by atoms with Gasteiger partial charge in [0.15, 0.2) is 0 Å². The van der Waals surface area contributed by atoms with Gasteiger partial charge in [-0.1, -0.05) is 83.7 Å². The zero-order chi connectivity index (χ0) is 29.7. The standard InChI is InChI=1S/C34H55ClN4O/c1-9-12-13-25(5)23-39(19-18-24(4)10-2)32-17-15-29(20-26(32)6)22-36-34(40)33-31(11-3)37-27(7)14-16-30(35)21-28(8)38-33/h14-17,20-21,24-25,27-28,37-38H,9-13,18-19,22-23H2,1-8H3,(H,36,40)/b16-14-,30-21+,33-31-/t24?,25-,27?,28?/m0/s1. The third-order valence-corrected chi connectivity index (χ3v) is 8.09. The highest BCUT2D eigenvalue weighted by molar-refractivity contribution is 6.31. The molecule has 3 N–H and O–H groups in total. The van der Waals surface area contributed by atoms with E-state index in [1.165, 1.54) is 43.4 Å². The zero-order valence-electron chi connectivity index (χ0n) is 26.4. The minimum absolute atomic E-state index is 0.0539. The SMILES string of the molecule is CCCC[C@H](C)CN(CCC(C)CC)c1ccc(CNC(=O)/C2=C(\CC)NC(C)/C=C\C(Cl)=C/C(C)N2)cc1C. The van der Waals surface area contributed by atoms with Crippen LogP contribution in [0.2, 0.25) is 0 Å². The van der Waals surface area contributed by atoms with Gasteiger partial charge in [0.25, 0.3) is 5.91 Å². The number of benzene rings is 1. The first-order chi connectivity index (χ1) is 19.1. The van der Waals surface area contributed by atoms with Crippen LogP contribution < -0.4 is 20.9 Å². The van der Waals surface area contributed by atoms with Crippen LogP contribution in [0.25, 0.3) is 0 Å². The summed E-state index contributed by atoms with van der Waals surface area (Å²) in [7, 11) is 0. The highest BCUT2D eigenvalue weighted by Gasteiger charge is 2.19. The van der Waals surface area contributed by atoms with E-state index < -0.39 is 0 Å². The molecule has 3 unspecified atom stereocenters. The highest BCUT2D eigenvalue weighted by atomic mass is 35.5. The fourth-order valence-electron chi connectivity index (χ4n) is 5.13. The molecule has 2 rings (SSSR count). The third-order valence-electron chi connectivity index (χ3n) is 7.84. The van der Waals surface area contributed by atoms with Gasteiger partial charge in [0.05, 0.1) is 0 Å². The molecule has 0 saturated carbocycles. The van der Waals surface area contributed by atoms with Gasteiger partial charge in [0, 0.05) is 48.1 Å². The van der Waals surface area contributed by atoms with Gasteiger partial charge in [0.2, 0.25) is 0 Å². The Morgan fingerprint density at radius 3 is 2.48 bits per heavy atom. The molecule has 1 aromatic rings. The number of rotatable bonds is 14. The number of anilines is 1. The Balaban J connectivity index is 2.19. The second-order valence-corrected chi connectivity index (χ2v) is 12.2. The molecule has 5 nitrogen and oxygen atoms in total. The monoisotopic (exact) mass is 570 g/mol. The van der Waals surface area contributed by atoms with E-state index in [1.807, 2.05) is 25.2 Å². The van der Waals surface area contributed by atoms with E-state index in [4.69, 9.17) is 11.6 Å². The Kier molecular flexibility index (Phi) is 14.7. The summed E-state index contributed by atoms with van der Waals surface area (Å²) in [5.74, 6) is 1.28. The van der Waals surface area contributed by atoms with Crippen LogP contribution in [-0.4, -0.2) is 31.1 Å². The molecule has 1 aromatic carbocycles. The van der Waals surface area contributed by atoms with Gasteiger partial charge in [-0.3, -0.25) is 4.79 Å². The summed E-state index contributed by atoms with van der Waals surface area (Å²) < 4.78 is 0. The van der Waals surface area contributed by atoms with Crippen molar-refractivity contribution < 1.29 is 4.79 Å². The summed E-state index contributed by atoms with van der Waals surface area (Å²) in [4.78, 5) is 16.0. The molecular formula is C34H55ClN4O. The summed E-state index contributed by atoms with van der Waals surface area (Å²) in [6.45, 7) is 20.2. The molecule has 0 saturated heterocycles. The van der Waals surface area contributed by atoms with E-state index in [0.29, 0.717) is 23.2 Å². The molecule has 1 aliphatic rings. The van der Waals surface area contributed by atoms with E-state index in [0.717, 1.165) is 36.7 Å². The Morgan fingerprint density at radius 1 is 1.07 bits per heavy atom. The normalized spacial score (nSPS) is 23.2. The fourth-order valence-corrected chi connectivity index (χ4v) is 5.39. The zero-order valence-corrected chi connectivity index (χ0v) is 27.1. The van der Waals surface area contributed by atoms with Crippen molar-refractivity contribution in [3.63, 3.8) is 0 Å². The van der Waals surface area contributed by atoms with Gasteiger partial charge in [-0.05, 0) is 81.2 Å². The molecular weight excluding hydrogens is 516 g/mol. The molecule has 0 spiro atoms. The minimum atomic E-state index is -0.112. The lowest BCUT2D eigenvalue weighted by Gasteiger charge is -2.31. The Morgan fingerprint density at radius 2 is 1.82 bits per heavy atom. The molecule has 224 valence electrons. The lowest BCUT2D eigenvalue weighted by molar-refractivity contribution is -0.118. The second-order valence-electron chi connectivity index (χ2n) is 11.8. The first kappa shape index (κ1) is 33.8. The van der Waals surface area contributed by atoms with Crippen LogP contribution in [0.3, 0.4) is 0 Å². The van der Waals surface area contributed by atoms with Gasteiger partial charge >= 0.3 is 0 Å². The lowest BCUT2D eigenvalue weighted by atomic mass is 10.00. The van der Waals surface area contributed by atoms with Crippen LogP contribution in [0.1, 0.15) is 98.1 Å². The molecule has 1 aliphatic heterocycles. The summed E-state index contributed by atoms with van der Waals surface area (Å²) in [6, 6.07) is 6.62. The van der Waals surface area contributed by atoms with Gasteiger partial charge in [0.1, 0.15) is 5.70 Å². The van der Waals surface area contributed by atoms with E-state index in [1.54, 1.807) is 0 Å². The first-order valence-electron chi connectivity index (χ1n) is 15.5. The molecule has 0 fully saturated rings. The maximum absolute atomic E-state index is 13.4. The van der Waals surface area contributed by atoms with Crippen molar-refractivity contribution in [2.24, 2.45) is 11.8 Å². The maximum Gasteiger partial charge on any atom is 0.269 e. The second kappa shape index (κ2) is 17.4. The number of carbonyl (C=O) groups is 1. The molecule has 1 amide bonds.